The van der Waals surface area contributed by atoms with Crippen molar-refractivity contribution in [3.63, 3.8) is 0 Å². The van der Waals surface area contributed by atoms with Crippen molar-refractivity contribution in [3.8, 4) is 22.7 Å². The number of hydrogen-bond donors (Lipinski definition) is 1. The van der Waals surface area contributed by atoms with Gasteiger partial charge in [0.1, 0.15) is 17.5 Å². The lowest BCUT2D eigenvalue weighted by Crippen LogP contribution is -2.05. The Labute approximate surface area is 178 Å². The molecule has 6 nitrogen and oxygen atoms in total. The van der Waals surface area contributed by atoms with E-state index in [0.29, 0.717) is 4.91 Å². The number of ether oxygens (including phenoxy) is 1. The third-order valence-electron chi connectivity index (χ3n) is 5.14. The molecule has 7 heteroatoms. The third kappa shape index (κ3) is 3.31. The van der Waals surface area contributed by atoms with Crippen molar-refractivity contribution in [2.45, 2.75) is 26.4 Å². The van der Waals surface area contributed by atoms with E-state index in [-0.39, 0.29) is 17.2 Å². The molecule has 5 rings (SSSR count). The fraction of sp³-hybridized carbons (Fsp3) is 0.174. The summed E-state index contributed by atoms with van der Waals surface area (Å²) in [5, 5.41) is 5.13. The summed E-state index contributed by atoms with van der Waals surface area (Å²) in [5.74, 6) is 0.652. The van der Waals surface area contributed by atoms with Gasteiger partial charge < -0.3 is 10.5 Å². The van der Waals surface area contributed by atoms with Crippen molar-refractivity contribution in [1.29, 1.82) is 0 Å². The molecule has 2 aromatic carbocycles. The fourth-order valence-electron chi connectivity index (χ4n) is 3.85. The molecule has 0 saturated carbocycles. The maximum Gasteiger partial charge on any atom is 0.286 e. The summed E-state index contributed by atoms with van der Waals surface area (Å²) in [5.41, 5.74) is 11.6. The highest BCUT2D eigenvalue weighted by Crippen LogP contribution is 2.38. The Morgan fingerprint density at radius 3 is 2.80 bits per heavy atom. The Kier molecular flexibility index (Phi) is 4.47. The van der Waals surface area contributed by atoms with Crippen molar-refractivity contribution in [1.82, 2.24) is 9.78 Å². The highest BCUT2D eigenvalue weighted by molar-refractivity contribution is 8.18. The standard InChI is InChI=1S/C23H20N4O2S/c1-13-8-15(10-16-9-14(2)29-21(13)16)20-17(11-19-22(28)25-23(24)30-19)12-27(26-20)18-6-4-3-5-7-18/h3-8,10-12,14H,9H2,1-2H3,(H2,24,25,28)/b19-11-. The van der Waals surface area contributed by atoms with Crippen molar-refractivity contribution in [3.05, 3.63) is 70.3 Å². The fourth-order valence-corrected chi connectivity index (χ4v) is 4.53. The number of aromatic nitrogens is 2. The van der Waals surface area contributed by atoms with Crippen molar-refractivity contribution in [2.24, 2.45) is 10.7 Å². The van der Waals surface area contributed by atoms with E-state index in [9.17, 15) is 4.79 Å². The molecule has 30 heavy (non-hydrogen) atoms. The summed E-state index contributed by atoms with van der Waals surface area (Å²) in [6.07, 6.45) is 4.80. The summed E-state index contributed by atoms with van der Waals surface area (Å²) in [6.45, 7) is 4.13. The molecule has 2 aliphatic rings. The number of fused-ring (bicyclic) bond motifs is 1. The Balaban J connectivity index is 1.65. The Morgan fingerprint density at radius 2 is 2.07 bits per heavy atom. The van der Waals surface area contributed by atoms with Crippen molar-refractivity contribution >= 4 is 28.9 Å². The first-order chi connectivity index (χ1) is 14.5. The van der Waals surface area contributed by atoms with Crippen LogP contribution in [0, 0.1) is 6.92 Å². The van der Waals surface area contributed by atoms with Gasteiger partial charge in [-0.3, -0.25) is 4.79 Å². The number of benzene rings is 2. The van der Waals surface area contributed by atoms with Crippen LogP contribution in [0.1, 0.15) is 23.6 Å². The van der Waals surface area contributed by atoms with Gasteiger partial charge in [0.15, 0.2) is 5.17 Å². The number of hydrogen-bond acceptors (Lipinski definition) is 5. The summed E-state index contributed by atoms with van der Waals surface area (Å²) < 4.78 is 7.78. The van der Waals surface area contributed by atoms with Gasteiger partial charge in [0, 0.05) is 23.7 Å². The summed E-state index contributed by atoms with van der Waals surface area (Å²) in [7, 11) is 0. The zero-order chi connectivity index (χ0) is 20.8. The number of nitrogens with two attached hydrogens (primary N) is 1. The van der Waals surface area contributed by atoms with E-state index in [1.165, 1.54) is 17.3 Å². The molecule has 150 valence electrons. The molecule has 2 N–H and O–H groups in total. The summed E-state index contributed by atoms with van der Waals surface area (Å²) in [6, 6.07) is 14.1. The number of aryl methyl sites for hydroxylation is 1. The molecule has 0 radical (unpaired) electrons. The molecule has 0 aliphatic carbocycles. The molecule has 3 aromatic rings. The topological polar surface area (TPSA) is 82.5 Å². The molecule has 0 bridgehead atoms. The first kappa shape index (κ1) is 18.7. The van der Waals surface area contributed by atoms with Gasteiger partial charge in [-0.2, -0.15) is 10.1 Å². The van der Waals surface area contributed by atoms with Crippen LogP contribution in [0.15, 0.2) is 58.6 Å². The summed E-state index contributed by atoms with van der Waals surface area (Å²) >= 11 is 1.18. The Bertz CT molecular complexity index is 1230. The quantitative estimate of drug-likeness (QED) is 0.650. The van der Waals surface area contributed by atoms with E-state index in [0.717, 1.165) is 40.2 Å². The monoisotopic (exact) mass is 416 g/mol. The van der Waals surface area contributed by atoms with Crippen LogP contribution >= 0.6 is 11.8 Å². The van der Waals surface area contributed by atoms with Crippen LogP contribution in [-0.2, 0) is 11.2 Å². The average molecular weight is 417 g/mol. The van der Waals surface area contributed by atoms with Crippen molar-refractivity contribution < 1.29 is 9.53 Å². The molecular weight excluding hydrogens is 396 g/mol. The smallest absolute Gasteiger partial charge is 0.286 e. The van der Waals surface area contributed by atoms with Gasteiger partial charge >= 0.3 is 0 Å². The van der Waals surface area contributed by atoms with Gasteiger partial charge in [0.25, 0.3) is 5.91 Å². The van der Waals surface area contributed by atoms with Crippen LogP contribution in [-0.4, -0.2) is 27.0 Å². The van der Waals surface area contributed by atoms with Crippen LogP contribution in [0.3, 0.4) is 0 Å². The second-order valence-corrected chi connectivity index (χ2v) is 8.56. The average Bonchev–Trinajstić information content (AvgIpc) is 3.39. The predicted octanol–water partition coefficient (Wildman–Crippen LogP) is 4.10. The minimum atomic E-state index is -0.316. The van der Waals surface area contributed by atoms with Crippen LogP contribution in [0.5, 0.6) is 5.75 Å². The predicted molar refractivity (Wildman–Crippen MR) is 120 cm³/mol. The first-order valence-electron chi connectivity index (χ1n) is 9.71. The molecule has 1 amide bonds. The van der Waals surface area contributed by atoms with Gasteiger partial charge in [-0.05, 0) is 67.1 Å². The van der Waals surface area contributed by atoms with E-state index in [4.69, 9.17) is 15.6 Å². The minimum absolute atomic E-state index is 0.171. The first-order valence-corrected chi connectivity index (χ1v) is 10.5. The van der Waals surface area contributed by atoms with Gasteiger partial charge in [0.2, 0.25) is 0 Å². The zero-order valence-electron chi connectivity index (χ0n) is 16.6. The summed E-state index contributed by atoms with van der Waals surface area (Å²) in [4.78, 5) is 16.5. The number of amides is 1. The number of aliphatic imine (C=N–C) groups is 1. The number of carbonyl (C=O) groups excluding carboxylic acids is 1. The number of thioether (sulfide) groups is 1. The Morgan fingerprint density at radius 1 is 1.27 bits per heavy atom. The number of rotatable bonds is 3. The molecule has 3 heterocycles. The van der Waals surface area contributed by atoms with Crippen LogP contribution in [0.2, 0.25) is 0 Å². The number of nitrogens with zero attached hydrogens (tertiary/aromatic N) is 3. The molecule has 0 fully saturated rings. The molecule has 2 aliphatic heterocycles. The van der Waals surface area contributed by atoms with Crippen LogP contribution in [0.25, 0.3) is 23.0 Å². The van der Waals surface area contributed by atoms with Crippen LogP contribution < -0.4 is 10.5 Å². The molecule has 1 aromatic heterocycles. The van der Waals surface area contributed by atoms with Gasteiger partial charge in [-0.15, -0.1) is 0 Å². The van der Waals surface area contributed by atoms with Gasteiger partial charge in [0.05, 0.1) is 10.6 Å². The molecular formula is C23H20N4O2S. The number of carbonyl (C=O) groups is 1. The SMILES string of the molecule is Cc1cc(-c2nn(-c3ccccc3)cc2/C=C2\SC(N)=NC2=O)cc2c1OC(C)C2. The van der Waals surface area contributed by atoms with Crippen LogP contribution in [0.4, 0.5) is 0 Å². The molecule has 1 atom stereocenters. The second-order valence-electron chi connectivity index (χ2n) is 7.49. The lowest BCUT2D eigenvalue weighted by molar-refractivity contribution is -0.113. The highest BCUT2D eigenvalue weighted by atomic mass is 32.2. The van der Waals surface area contributed by atoms with E-state index in [1.54, 1.807) is 0 Å². The van der Waals surface area contributed by atoms with E-state index in [2.05, 4.69) is 31.0 Å². The third-order valence-corrected chi connectivity index (χ3v) is 5.95. The number of para-hydroxylation sites is 1. The van der Waals surface area contributed by atoms with E-state index < -0.39 is 0 Å². The minimum Gasteiger partial charge on any atom is -0.490 e. The van der Waals surface area contributed by atoms with E-state index >= 15 is 0 Å². The lowest BCUT2D eigenvalue weighted by Gasteiger charge is -2.08. The maximum atomic E-state index is 12.2. The van der Waals surface area contributed by atoms with Gasteiger partial charge in [-0.1, -0.05) is 18.2 Å². The normalized spacial score (nSPS) is 19.1. The molecule has 0 spiro atoms. The maximum absolute atomic E-state index is 12.2. The zero-order valence-corrected chi connectivity index (χ0v) is 17.4. The highest BCUT2D eigenvalue weighted by Gasteiger charge is 2.25. The van der Waals surface area contributed by atoms with E-state index in [1.807, 2.05) is 47.3 Å². The Hall–Kier alpha value is -3.32. The van der Waals surface area contributed by atoms with Gasteiger partial charge in [-0.25, -0.2) is 4.68 Å². The number of amidine groups is 1. The van der Waals surface area contributed by atoms with Crippen molar-refractivity contribution in [2.75, 3.05) is 0 Å². The second kappa shape index (κ2) is 7.18. The molecule has 0 saturated heterocycles. The molecule has 1 unspecified atom stereocenters. The lowest BCUT2D eigenvalue weighted by atomic mass is 9.99. The largest absolute Gasteiger partial charge is 0.490 e.